The zero-order chi connectivity index (χ0) is 18.9. The Morgan fingerprint density at radius 1 is 1.20 bits per heavy atom. The fourth-order valence-corrected chi connectivity index (χ4v) is 3.09. The summed E-state index contributed by atoms with van der Waals surface area (Å²) in [5.41, 5.74) is -1.20. The SMILES string of the molecule is COC(=O)C1=C(C)N=C(C)C(C(=O)O)C1c1ccccc1C(F)(F)F. The minimum atomic E-state index is -4.70. The zero-order valence-electron chi connectivity index (χ0n) is 13.7. The first-order valence-electron chi connectivity index (χ1n) is 7.32. The number of methoxy groups -OCH3 is 1. The van der Waals surface area contributed by atoms with Crippen molar-refractivity contribution in [3.8, 4) is 0 Å². The lowest BCUT2D eigenvalue weighted by Gasteiger charge is -2.31. The number of halogens is 3. The van der Waals surface area contributed by atoms with Crippen LogP contribution in [0.3, 0.4) is 0 Å². The summed E-state index contributed by atoms with van der Waals surface area (Å²) in [6.45, 7) is 2.86. The molecule has 25 heavy (non-hydrogen) atoms. The molecule has 1 aliphatic heterocycles. The summed E-state index contributed by atoms with van der Waals surface area (Å²) in [4.78, 5) is 27.9. The molecule has 1 aromatic carbocycles. The Morgan fingerprint density at radius 2 is 1.80 bits per heavy atom. The minimum Gasteiger partial charge on any atom is -0.481 e. The van der Waals surface area contributed by atoms with Gasteiger partial charge >= 0.3 is 18.1 Å². The molecular formula is C17H16F3NO4. The molecule has 8 heteroatoms. The van der Waals surface area contributed by atoms with Crippen molar-refractivity contribution in [3.63, 3.8) is 0 Å². The van der Waals surface area contributed by atoms with Crippen LogP contribution in [0.5, 0.6) is 0 Å². The molecule has 0 aromatic heterocycles. The number of aliphatic carboxylic acids is 1. The van der Waals surface area contributed by atoms with E-state index in [1.165, 1.54) is 32.0 Å². The molecule has 2 atom stereocenters. The Labute approximate surface area is 141 Å². The van der Waals surface area contributed by atoms with Gasteiger partial charge < -0.3 is 9.84 Å². The summed E-state index contributed by atoms with van der Waals surface area (Å²) in [6.07, 6.45) is -4.70. The molecule has 0 fully saturated rings. The number of hydrogen-bond acceptors (Lipinski definition) is 4. The van der Waals surface area contributed by atoms with E-state index in [-0.39, 0.29) is 22.5 Å². The molecule has 0 saturated heterocycles. The van der Waals surface area contributed by atoms with Crippen molar-refractivity contribution >= 4 is 17.7 Å². The lowest BCUT2D eigenvalue weighted by Crippen LogP contribution is -2.36. The normalized spacial score (nSPS) is 21.0. The number of carbonyl (C=O) groups is 2. The molecule has 0 bridgehead atoms. The summed E-state index contributed by atoms with van der Waals surface area (Å²) in [5.74, 6) is -5.01. The average molecular weight is 355 g/mol. The average Bonchev–Trinajstić information content (AvgIpc) is 2.52. The van der Waals surface area contributed by atoms with Crippen LogP contribution in [0, 0.1) is 5.92 Å². The van der Waals surface area contributed by atoms with Gasteiger partial charge in [0.2, 0.25) is 0 Å². The van der Waals surface area contributed by atoms with Gasteiger partial charge in [0.25, 0.3) is 0 Å². The maximum absolute atomic E-state index is 13.4. The van der Waals surface area contributed by atoms with E-state index >= 15 is 0 Å². The first-order chi connectivity index (χ1) is 11.6. The van der Waals surface area contributed by atoms with E-state index in [0.29, 0.717) is 0 Å². The lowest BCUT2D eigenvalue weighted by atomic mass is 9.74. The number of ether oxygens (including phenoxy) is 1. The smallest absolute Gasteiger partial charge is 0.416 e. The monoisotopic (exact) mass is 355 g/mol. The fourth-order valence-electron chi connectivity index (χ4n) is 3.09. The molecule has 1 N–H and O–H groups in total. The Morgan fingerprint density at radius 3 is 2.32 bits per heavy atom. The van der Waals surface area contributed by atoms with E-state index in [9.17, 15) is 27.9 Å². The third-order valence-electron chi connectivity index (χ3n) is 4.10. The molecule has 0 amide bonds. The Kier molecular flexibility index (Phi) is 5.01. The summed E-state index contributed by atoms with van der Waals surface area (Å²) in [6, 6.07) is 4.62. The predicted octanol–water partition coefficient (Wildman–Crippen LogP) is 3.41. The fraction of sp³-hybridized carbons (Fsp3) is 0.353. The van der Waals surface area contributed by atoms with Crippen molar-refractivity contribution in [1.82, 2.24) is 0 Å². The van der Waals surface area contributed by atoms with Gasteiger partial charge in [0.15, 0.2) is 0 Å². The van der Waals surface area contributed by atoms with Crippen molar-refractivity contribution < 1.29 is 32.6 Å². The van der Waals surface area contributed by atoms with Gasteiger partial charge in [-0.1, -0.05) is 18.2 Å². The second-order valence-electron chi connectivity index (χ2n) is 5.62. The van der Waals surface area contributed by atoms with Crippen molar-refractivity contribution in [1.29, 1.82) is 0 Å². The van der Waals surface area contributed by atoms with Gasteiger partial charge in [-0.05, 0) is 25.5 Å². The molecule has 5 nitrogen and oxygen atoms in total. The summed E-state index contributed by atoms with van der Waals surface area (Å²) < 4.78 is 44.9. The third-order valence-corrected chi connectivity index (χ3v) is 4.10. The van der Waals surface area contributed by atoms with E-state index in [0.717, 1.165) is 13.2 Å². The number of hydrogen-bond donors (Lipinski definition) is 1. The number of benzene rings is 1. The molecule has 1 aromatic rings. The number of carboxylic acids is 1. The standard InChI is InChI=1S/C17H16F3NO4/c1-8-12(15(22)23)14(13(9(2)21-8)16(24)25-3)10-6-4-5-7-11(10)17(18,19)20/h4-7,12,14H,1-3H3,(H,22,23). The molecule has 0 radical (unpaired) electrons. The number of carboxylic acid groups (broad SMARTS) is 1. The highest BCUT2D eigenvalue weighted by Gasteiger charge is 2.45. The molecular weight excluding hydrogens is 339 g/mol. The first-order valence-corrected chi connectivity index (χ1v) is 7.32. The number of allylic oxidation sites excluding steroid dienone is 1. The molecule has 134 valence electrons. The van der Waals surface area contributed by atoms with Crippen molar-refractivity contribution in [2.75, 3.05) is 7.11 Å². The highest BCUT2D eigenvalue weighted by Crippen LogP contribution is 2.44. The highest BCUT2D eigenvalue weighted by atomic mass is 19.4. The maximum Gasteiger partial charge on any atom is 0.416 e. The van der Waals surface area contributed by atoms with E-state index < -0.39 is 35.5 Å². The summed E-state index contributed by atoms with van der Waals surface area (Å²) >= 11 is 0. The molecule has 2 unspecified atom stereocenters. The number of carbonyl (C=O) groups excluding carboxylic acids is 1. The van der Waals surface area contributed by atoms with Crippen LogP contribution < -0.4 is 0 Å². The number of rotatable bonds is 3. The topological polar surface area (TPSA) is 76.0 Å². The van der Waals surface area contributed by atoms with Gasteiger partial charge in [-0.25, -0.2) is 4.79 Å². The third kappa shape index (κ3) is 3.42. The minimum absolute atomic E-state index is 0.125. The second kappa shape index (κ2) is 6.70. The van der Waals surface area contributed by atoms with Crippen LogP contribution in [0.2, 0.25) is 0 Å². The molecule has 0 aliphatic carbocycles. The van der Waals surface area contributed by atoms with Crippen LogP contribution >= 0.6 is 0 Å². The number of esters is 1. The number of alkyl halides is 3. The molecule has 1 heterocycles. The quantitative estimate of drug-likeness (QED) is 0.843. The van der Waals surface area contributed by atoms with E-state index in [1.807, 2.05) is 0 Å². The van der Waals surface area contributed by atoms with E-state index in [4.69, 9.17) is 0 Å². The number of nitrogens with zero attached hydrogens (tertiary/aromatic N) is 1. The molecule has 1 aliphatic rings. The summed E-state index contributed by atoms with van der Waals surface area (Å²) in [5, 5.41) is 9.56. The van der Waals surface area contributed by atoms with Crippen LogP contribution in [-0.4, -0.2) is 29.9 Å². The molecule has 0 spiro atoms. The van der Waals surface area contributed by atoms with Crippen LogP contribution in [0.4, 0.5) is 13.2 Å². The second-order valence-corrected chi connectivity index (χ2v) is 5.62. The van der Waals surface area contributed by atoms with Gasteiger partial charge in [-0.3, -0.25) is 9.79 Å². The van der Waals surface area contributed by atoms with E-state index in [1.54, 1.807) is 0 Å². The van der Waals surface area contributed by atoms with Crippen LogP contribution in [0.15, 0.2) is 40.5 Å². The molecule has 2 rings (SSSR count). The van der Waals surface area contributed by atoms with Gasteiger partial charge in [0.1, 0.15) is 5.92 Å². The van der Waals surface area contributed by atoms with Gasteiger partial charge in [-0.15, -0.1) is 0 Å². The van der Waals surface area contributed by atoms with Crippen LogP contribution in [-0.2, 0) is 20.5 Å². The van der Waals surface area contributed by atoms with Crippen molar-refractivity contribution in [2.45, 2.75) is 25.9 Å². The lowest BCUT2D eigenvalue weighted by molar-refractivity contribution is -0.143. The van der Waals surface area contributed by atoms with Gasteiger partial charge in [-0.2, -0.15) is 13.2 Å². The zero-order valence-corrected chi connectivity index (χ0v) is 13.7. The van der Waals surface area contributed by atoms with Gasteiger partial charge in [0.05, 0.1) is 18.2 Å². The Balaban J connectivity index is 2.80. The Bertz CT molecular complexity index is 780. The van der Waals surface area contributed by atoms with Gasteiger partial charge in [0, 0.05) is 17.3 Å². The molecule has 0 saturated carbocycles. The first kappa shape index (κ1) is 18.7. The highest BCUT2D eigenvalue weighted by molar-refractivity contribution is 6.06. The summed E-state index contributed by atoms with van der Waals surface area (Å²) in [7, 11) is 1.08. The maximum atomic E-state index is 13.4. The predicted molar refractivity (Wildman–Crippen MR) is 83.1 cm³/mol. The van der Waals surface area contributed by atoms with E-state index in [2.05, 4.69) is 9.73 Å². The largest absolute Gasteiger partial charge is 0.481 e. The van der Waals surface area contributed by atoms with Crippen molar-refractivity contribution in [3.05, 3.63) is 46.7 Å². The Hall–Kier alpha value is -2.64. The van der Waals surface area contributed by atoms with Crippen LogP contribution in [0.1, 0.15) is 30.9 Å². The van der Waals surface area contributed by atoms with Crippen molar-refractivity contribution in [2.24, 2.45) is 10.9 Å². The van der Waals surface area contributed by atoms with Crippen LogP contribution in [0.25, 0.3) is 0 Å². The number of aliphatic imine (C=N–C) groups is 1.